The summed E-state index contributed by atoms with van der Waals surface area (Å²) in [5.41, 5.74) is 0.911. The van der Waals surface area contributed by atoms with Crippen LogP contribution in [0.5, 0.6) is 0 Å². The van der Waals surface area contributed by atoms with Crippen molar-refractivity contribution in [2.24, 2.45) is 0 Å². The molecule has 0 saturated carbocycles. The third-order valence-electron chi connectivity index (χ3n) is 2.67. The van der Waals surface area contributed by atoms with E-state index in [0.29, 0.717) is 13.1 Å². The number of rotatable bonds is 4. The van der Waals surface area contributed by atoms with Crippen molar-refractivity contribution in [1.82, 2.24) is 10.3 Å². The Morgan fingerprint density at radius 3 is 3.00 bits per heavy atom. The van der Waals surface area contributed by atoms with E-state index < -0.39 is 0 Å². The summed E-state index contributed by atoms with van der Waals surface area (Å²) in [4.78, 5) is 17.9. The number of thiazole rings is 1. The van der Waals surface area contributed by atoms with E-state index in [-0.39, 0.29) is 12.2 Å². The van der Waals surface area contributed by atoms with Gasteiger partial charge in [0.1, 0.15) is 11.1 Å². The molecule has 1 saturated heterocycles. The number of cyclic esters (lactones) is 1. The third-order valence-corrected chi connectivity index (χ3v) is 3.99. The largest absolute Gasteiger partial charge is 0.443 e. The normalized spacial score (nSPS) is 19.8. The van der Waals surface area contributed by atoms with Crippen molar-refractivity contribution in [2.45, 2.75) is 26.4 Å². The van der Waals surface area contributed by atoms with E-state index in [0.717, 1.165) is 22.1 Å². The summed E-state index contributed by atoms with van der Waals surface area (Å²) in [5, 5.41) is 5.00. The van der Waals surface area contributed by atoms with E-state index in [1.165, 1.54) is 0 Å². The minimum atomic E-state index is -0.264. The topological polar surface area (TPSA) is 54.5 Å². The molecule has 2 rings (SSSR count). The summed E-state index contributed by atoms with van der Waals surface area (Å²) in [6.07, 6.45) is 0.563. The van der Waals surface area contributed by atoms with Gasteiger partial charge in [0.05, 0.1) is 17.2 Å². The van der Waals surface area contributed by atoms with Crippen LogP contribution >= 0.6 is 11.3 Å². The molecule has 0 spiro atoms. The highest BCUT2D eigenvalue weighted by Gasteiger charge is 2.34. The predicted molar refractivity (Wildman–Crippen MR) is 67.8 cm³/mol. The first-order chi connectivity index (χ1) is 8.15. The summed E-state index contributed by atoms with van der Waals surface area (Å²) in [5.74, 6) is 0. The number of carbonyl (C=O) groups is 1. The van der Waals surface area contributed by atoms with Crippen molar-refractivity contribution in [3.8, 4) is 0 Å². The molecule has 0 bridgehead atoms. The van der Waals surface area contributed by atoms with Gasteiger partial charge in [-0.05, 0) is 20.4 Å². The van der Waals surface area contributed by atoms with E-state index in [1.54, 1.807) is 16.2 Å². The fourth-order valence-electron chi connectivity index (χ4n) is 1.87. The third kappa shape index (κ3) is 2.42. The quantitative estimate of drug-likeness (QED) is 0.887. The molecule has 1 fully saturated rings. The van der Waals surface area contributed by atoms with Crippen LogP contribution in [0, 0.1) is 6.92 Å². The number of ether oxygens (including phenoxy) is 1. The van der Waals surface area contributed by atoms with Crippen LogP contribution in [0.2, 0.25) is 0 Å². The molecule has 1 aromatic heterocycles. The van der Waals surface area contributed by atoms with Gasteiger partial charge in [0.2, 0.25) is 0 Å². The van der Waals surface area contributed by atoms with Crippen molar-refractivity contribution in [1.29, 1.82) is 0 Å². The Morgan fingerprint density at radius 2 is 2.41 bits per heavy atom. The first-order valence-corrected chi connectivity index (χ1v) is 6.56. The second-order valence-corrected chi connectivity index (χ2v) is 5.09. The van der Waals surface area contributed by atoms with Crippen molar-refractivity contribution in [2.75, 3.05) is 25.0 Å². The Hall–Kier alpha value is -1.14. The minimum absolute atomic E-state index is 0.0703. The lowest BCUT2D eigenvalue weighted by Gasteiger charge is -2.10. The molecule has 6 heteroatoms. The SMILES string of the molecule is CCc1nc(C)c(N2C[C@H](CNC)OC2=O)s1. The Balaban J connectivity index is 2.16. The second kappa shape index (κ2) is 5.01. The number of anilines is 1. The molecule has 1 aliphatic heterocycles. The highest BCUT2D eigenvalue weighted by atomic mass is 32.1. The lowest BCUT2D eigenvalue weighted by molar-refractivity contribution is 0.141. The molecule has 0 aliphatic carbocycles. The summed E-state index contributed by atoms with van der Waals surface area (Å²) >= 11 is 1.57. The van der Waals surface area contributed by atoms with Gasteiger partial charge in [0, 0.05) is 6.54 Å². The highest BCUT2D eigenvalue weighted by Crippen LogP contribution is 2.31. The summed E-state index contributed by atoms with van der Waals surface area (Å²) in [6, 6.07) is 0. The lowest BCUT2D eigenvalue weighted by Crippen LogP contribution is -2.28. The van der Waals surface area contributed by atoms with Gasteiger partial charge in [-0.1, -0.05) is 6.92 Å². The number of hydrogen-bond acceptors (Lipinski definition) is 5. The van der Waals surface area contributed by atoms with Crippen molar-refractivity contribution in [3.05, 3.63) is 10.7 Å². The van der Waals surface area contributed by atoms with Crippen molar-refractivity contribution in [3.63, 3.8) is 0 Å². The predicted octanol–water partition coefficient (Wildman–Crippen LogP) is 1.56. The molecule has 0 aromatic carbocycles. The van der Waals surface area contributed by atoms with Gasteiger partial charge in [0.15, 0.2) is 0 Å². The first-order valence-electron chi connectivity index (χ1n) is 5.74. The zero-order valence-electron chi connectivity index (χ0n) is 10.3. The van der Waals surface area contributed by atoms with Gasteiger partial charge in [-0.3, -0.25) is 4.90 Å². The fraction of sp³-hybridized carbons (Fsp3) is 0.636. The maximum Gasteiger partial charge on any atom is 0.415 e. The number of nitrogens with one attached hydrogen (secondary N) is 1. The monoisotopic (exact) mass is 255 g/mol. The average Bonchev–Trinajstić information content (AvgIpc) is 2.82. The van der Waals surface area contributed by atoms with E-state index in [1.807, 2.05) is 14.0 Å². The molecule has 0 unspecified atom stereocenters. The molecule has 1 atom stereocenters. The van der Waals surface area contributed by atoms with Crippen LogP contribution in [0.4, 0.5) is 9.80 Å². The van der Waals surface area contributed by atoms with Gasteiger partial charge in [-0.25, -0.2) is 9.78 Å². The molecular formula is C11H17N3O2S. The maximum absolute atomic E-state index is 11.8. The Morgan fingerprint density at radius 1 is 1.65 bits per heavy atom. The van der Waals surface area contributed by atoms with Crippen LogP contribution in [0.15, 0.2) is 0 Å². The lowest BCUT2D eigenvalue weighted by atomic mass is 10.3. The summed E-state index contributed by atoms with van der Waals surface area (Å²) < 4.78 is 5.27. The van der Waals surface area contributed by atoms with Crippen molar-refractivity contribution < 1.29 is 9.53 Å². The number of likely N-dealkylation sites (N-methyl/N-ethyl adjacent to an activating group) is 1. The van der Waals surface area contributed by atoms with Crippen LogP contribution < -0.4 is 10.2 Å². The molecule has 94 valence electrons. The number of amides is 1. The maximum atomic E-state index is 11.8. The smallest absolute Gasteiger partial charge is 0.415 e. The van der Waals surface area contributed by atoms with Crippen molar-refractivity contribution >= 4 is 22.4 Å². The van der Waals surface area contributed by atoms with E-state index in [4.69, 9.17) is 4.74 Å². The number of aromatic nitrogens is 1. The molecule has 1 aliphatic rings. The van der Waals surface area contributed by atoms with Crippen LogP contribution in [-0.4, -0.2) is 37.3 Å². The molecule has 0 radical (unpaired) electrons. The second-order valence-electron chi connectivity index (χ2n) is 4.03. The number of aryl methyl sites for hydroxylation is 2. The van der Waals surface area contributed by atoms with E-state index in [2.05, 4.69) is 17.2 Å². The van der Waals surface area contributed by atoms with Crippen LogP contribution in [0.25, 0.3) is 0 Å². The Bertz CT molecular complexity index is 419. The standard InChI is InChI=1S/C11H17N3O2S/c1-4-9-13-7(2)10(17-9)14-6-8(5-12-3)16-11(14)15/h8,12H,4-6H2,1-3H3/t8-/m0/s1. The van der Waals surface area contributed by atoms with Crippen LogP contribution in [0.1, 0.15) is 17.6 Å². The fourth-order valence-corrected chi connectivity index (χ4v) is 2.87. The minimum Gasteiger partial charge on any atom is -0.443 e. The summed E-state index contributed by atoms with van der Waals surface area (Å²) in [6.45, 7) is 5.28. The number of nitrogens with zero attached hydrogens (tertiary/aromatic N) is 2. The molecule has 17 heavy (non-hydrogen) atoms. The molecule has 5 nitrogen and oxygen atoms in total. The van der Waals surface area contributed by atoms with Gasteiger partial charge >= 0.3 is 6.09 Å². The number of carbonyl (C=O) groups excluding carboxylic acids is 1. The highest BCUT2D eigenvalue weighted by molar-refractivity contribution is 7.16. The zero-order chi connectivity index (χ0) is 12.4. The van der Waals surface area contributed by atoms with Gasteiger partial charge in [-0.2, -0.15) is 0 Å². The molecule has 1 amide bonds. The van der Waals surface area contributed by atoms with Gasteiger partial charge < -0.3 is 10.1 Å². The van der Waals surface area contributed by atoms with E-state index in [9.17, 15) is 4.79 Å². The molecule has 1 N–H and O–H groups in total. The van der Waals surface area contributed by atoms with Gasteiger partial charge in [0.25, 0.3) is 0 Å². The molecule has 2 heterocycles. The van der Waals surface area contributed by atoms with E-state index >= 15 is 0 Å². The molecule has 1 aromatic rings. The van der Waals surface area contributed by atoms with Crippen LogP contribution in [-0.2, 0) is 11.2 Å². The first kappa shape index (κ1) is 12.3. The summed E-state index contributed by atoms with van der Waals surface area (Å²) in [7, 11) is 1.85. The molecular weight excluding hydrogens is 238 g/mol. The Kier molecular flexibility index (Phi) is 3.63. The average molecular weight is 255 g/mol. The van der Waals surface area contributed by atoms with Crippen LogP contribution in [0.3, 0.4) is 0 Å². The zero-order valence-corrected chi connectivity index (χ0v) is 11.1. The van der Waals surface area contributed by atoms with Gasteiger partial charge in [-0.15, -0.1) is 11.3 Å². The number of hydrogen-bond donors (Lipinski definition) is 1. The Labute approximate surface area is 105 Å².